The van der Waals surface area contributed by atoms with Crippen molar-refractivity contribution in [3.05, 3.63) is 84.2 Å². The zero-order valence-corrected chi connectivity index (χ0v) is 20.2. The van der Waals surface area contributed by atoms with Crippen LogP contribution in [0.15, 0.2) is 67.5 Å². The normalized spacial score (nSPS) is 10.8. The van der Waals surface area contributed by atoms with E-state index in [1.54, 1.807) is 43.3 Å². The second-order valence-corrected chi connectivity index (χ2v) is 7.89. The number of carbonyl (C=O) groups excluding carboxylic acids is 1. The van der Waals surface area contributed by atoms with E-state index in [9.17, 15) is 4.79 Å². The molecule has 0 unspecified atom stereocenters. The minimum Gasteiger partial charge on any atom is -0.493 e. The molecule has 0 aliphatic heterocycles. The van der Waals surface area contributed by atoms with Crippen molar-refractivity contribution < 1.29 is 19.0 Å². The lowest BCUT2D eigenvalue weighted by Gasteiger charge is -2.17. The van der Waals surface area contributed by atoms with Crippen LogP contribution in [0, 0.1) is 0 Å². The molecule has 2 aromatic carbocycles. The van der Waals surface area contributed by atoms with Gasteiger partial charge in [0.25, 0.3) is 0 Å². The predicted molar refractivity (Wildman–Crippen MR) is 136 cm³/mol. The number of benzene rings is 2. The average Bonchev–Trinajstić information content (AvgIpc) is 2.80. The maximum absolute atomic E-state index is 12.9. The highest BCUT2D eigenvalue weighted by molar-refractivity contribution is 6.07. The highest BCUT2D eigenvalue weighted by Crippen LogP contribution is 2.35. The summed E-state index contributed by atoms with van der Waals surface area (Å²) in [5.74, 6) is 2.62. The fourth-order valence-corrected chi connectivity index (χ4v) is 3.19. The summed E-state index contributed by atoms with van der Waals surface area (Å²) in [4.78, 5) is 12.9. The lowest BCUT2D eigenvalue weighted by Crippen LogP contribution is -2.05. The molecule has 0 spiro atoms. The molecule has 0 radical (unpaired) electrons. The lowest BCUT2D eigenvalue weighted by molar-refractivity contribution is 0.104. The Labute approximate surface area is 198 Å². The third kappa shape index (κ3) is 8.30. The third-order valence-electron chi connectivity index (χ3n) is 4.93. The van der Waals surface area contributed by atoms with Gasteiger partial charge < -0.3 is 14.2 Å². The van der Waals surface area contributed by atoms with Crippen molar-refractivity contribution in [2.45, 2.75) is 52.9 Å². The summed E-state index contributed by atoms with van der Waals surface area (Å²) in [7, 11) is 0. The van der Waals surface area contributed by atoms with Gasteiger partial charge in [-0.25, -0.2) is 0 Å². The Bertz CT molecular complexity index is 954. The first-order valence-corrected chi connectivity index (χ1v) is 11.7. The van der Waals surface area contributed by atoms with Crippen LogP contribution in [0.1, 0.15) is 67.9 Å². The molecule has 4 heteroatoms. The summed E-state index contributed by atoms with van der Waals surface area (Å²) in [5.41, 5.74) is 2.39. The summed E-state index contributed by atoms with van der Waals surface area (Å²) >= 11 is 0. The Hall–Kier alpha value is -3.27. The number of ketones is 1. The average molecular weight is 449 g/mol. The fourth-order valence-electron chi connectivity index (χ4n) is 3.19. The smallest absolute Gasteiger partial charge is 0.185 e. The maximum Gasteiger partial charge on any atom is 0.185 e. The van der Waals surface area contributed by atoms with E-state index in [1.807, 2.05) is 18.2 Å². The van der Waals surface area contributed by atoms with E-state index in [4.69, 9.17) is 14.2 Å². The van der Waals surface area contributed by atoms with Gasteiger partial charge in [-0.05, 0) is 74.2 Å². The first-order valence-electron chi connectivity index (χ1n) is 11.7. The summed E-state index contributed by atoms with van der Waals surface area (Å²) in [6, 6.07) is 11.0. The van der Waals surface area contributed by atoms with E-state index in [0.29, 0.717) is 36.7 Å². The molecule has 0 aliphatic carbocycles. The van der Waals surface area contributed by atoms with E-state index in [2.05, 4.69) is 27.0 Å². The van der Waals surface area contributed by atoms with Crippen molar-refractivity contribution >= 4 is 11.9 Å². The molecule has 0 heterocycles. The number of allylic oxidation sites excluding steroid dienone is 3. The van der Waals surface area contributed by atoms with Crippen molar-refractivity contribution in [3.8, 4) is 17.2 Å². The Morgan fingerprint density at radius 1 is 0.970 bits per heavy atom. The van der Waals surface area contributed by atoms with E-state index in [1.165, 1.54) is 0 Å². The lowest BCUT2D eigenvalue weighted by atomic mass is 10.0. The SMILES string of the molecule is C=CCc1ccc(OCCCC)c(C=CC(=O)c2ccc(OC(=C)C)cc2)c1OCCCC. The van der Waals surface area contributed by atoms with Gasteiger partial charge in [0.15, 0.2) is 5.78 Å². The van der Waals surface area contributed by atoms with Crippen LogP contribution in [0.4, 0.5) is 0 Å². The number of ether oxygens (including phenoxy) is 3. The topological polar surface area (TPSA) is 44.8 Å². The van der Waals surface area contributed by atoms with Gasteiger partial charge in [-0.2, -0.15) is 0 Å². The van der Waals surface area contributed by atoms with Gasteiger partial charge in [-0.1, -0.05) is 45.4 Å². The largest absolute Gasteiger partial charge is 0.493 e. The molecule has 0 N–H and O–H groups in total. The monoisotopic (exact) mass is 448 g/mol. The van der Waals surface area contributed by atoms with E-state index >= 15 is 0 Å². The van der Waals surface area contributed by atoms with Crippen molar-refractivity contribution in [1.82, 2.24) is 0 Å². The van der Waals surface area contributed by atoms with Crippen LogP contribution in [0.5, 0.6) is 17.2 Å². The Morgan fingerprint density at radius 3 is 2.24 bits per heavy atom. The van der Waals surface area contributed by atoms with Crippen LogP contribution in [0.3, 0.4) is 0 Å². The van der Waals surface area contributed by atoms with Crippen molar-refractivity contribution in [2.24, 2.45) is 0 Å². The quantitative estimate of drug-likeness (QED) is 0.0926. The number of rotatable bonds is 15. The van der Waals surface area contributed by atoms with Crippen molar-refractivity contribution in [2.75, 3.05) is 13.2 Å². The third-order valence-corrected chi connectivity index (χ3v) is 4.93. The molecular weight excluding hydrogens is 412 g/mol. The van der Waals surface area contributed by atoms with Crippen LogP contribution in [-0.4, -0.2) is 19.0 Å². The van der Waals surface area contributed by atoms with Crippen LogP contribution in [-0.2, 0) is 6.42 Å². The number of carbonyl (C=O) groups is 1. The van der Waals surface area contributed by atoms with E-state index < -0.39 is 0 Å². The molecule has 0 fully saturated rings. The molecule has 0 bridgehead atoms. The molecule has 4 nitrogen and oxygen atoms in total. The van der Waals surface area contributed by atoms with E-state index in [0.717, 1.165) is 48.3 Å². The van der Waals surface area contributed by atoms with Gasteiger partial charge >= 0.3 is 0 Å². The zero-order chi connectivity index (χ0) is 24.1. The number of unbranched alkanes of at least 4 members (excludes halogenated alkanes) is 2. The molecule has 0 aliphatic rings. The van der Waals surface area contributed by atoms with Crippen LogP contribution >= 0.6 is 0 Å². The number of hydrogen-bond donors (Lipinski definition) is 0. The fraction of sp³-hybridized carbons (Fsp3) is 0.345. The second-order valence-electron chi connectivity index (χ2n) is 7.89. The molecule has 2 aromatic rings. The van der Waals surface area contributed by atoms with Gasteiger partial charge in [0.1, 0.15) is 17.2 Å². The Morgan fingerprint density at radius 2 is 1.64 bits per heavy atom. The highest BCUT2D eigenvalue weighted by Gasteiger charge is 2.15. The van der Waals surface area contributed by atoms with Crippen LogP contribution in [0.25, 0.3) is 6.08 Å². The summed E-state index contributed by atoms with van der Waals surface area (Å²) in [6.45, 7) is 14.9. The molecule has 0 atom stereocenters. The minimum atomic E-state index is -0.106. The van der Waals surface area contributed by atoms with E-state index in [-0.39, 0.29) is 5.78 Å². The molecule has 0 aromatic heterocycles. The standard InChI is InChI=1S/C29H36O4/c1-6-9-20-31-28-19-14-24(11-8-3)29(32-21-10-7-2)26(28)17-18-27(30)23-12-15-25(16-13-23)33-22(4)5/h8,12-19H,3-4,6-7,9-11,20-21H2,1-2,5H3. The van der Waals surface area contributed by atoms with Gasteiger partial charge in [-0.15, -0.1) is 6.58 Å². The molecule has 2 rings (SSSR count). The predicted octanol–water partition coefficient (Wildman–Crippen LogP) is 7.58. The van der Waals surface area contributed by atoms with Crippen LogP contribution < -0.4 is 14.2 Å². The highest BCUT2D eigenvalue weighted by atomic mass is 16.5. The molecule has 0 saturated heterocycles. The first-order chi connectivity index (χ1) is 16.0. The van der Waals surface area contributed by atoms with Gasteiger partial charge in [0, 0.05) is 5.56 Å². The van der Waals surface area contributed by atoms with Gasteiger partial charge in [0.2, 0.25) is 0 Å². The van der Waals surface area contributed by atoms with Gasteiger partial charge in [-0.3, -0.25) is 4.79 Å². The van der Waals surface area contributed by atoms with Gasteiger partial charge in [0.05, 0.1) is 24.5 Å². The molecule has 0 amide bonds. The Balaban J connectivity index is 2.36. The zero-order valence-electron chi connectivity index (χ0n) is 20.2. The molecule has 176 valence electrons. The first kappa shape index (κ1) is 26.0. The van der Waals surface area contributed by atoms with Crippen LogP contribution in [0.2, 0.25) is 0 Å². The molecule has 0 saturated carbocycles. The number of hydrogen-bond acceptors (Lipinski definition) is 4. The van der Waals surface area contributed by atoms with Crippen molar-refractivity contribution in [3.63, 3.8) is 0 Å². The summed E-state index contributed by atoms with van der Waals surface area (Å²) < 4.78 is 17.7. The minimum absolute atomic E-state index is 0.106. The molecule has 33 heavy (non-hydrogen) atoms. The summed E-state index contributed by atoms with van der Waals surface area (Å²) in [6.07, 6.45) is 9.90. The Kier molecular flexibility index (Phi) is 11.0. The molecular formula is C29H36O4. The second kappa shape index (κ2) is 14.0. The maximum atomic E-state index is 12.9. The summed E-state index contributed by atoms with van der Waals surface area (Å²) in [5, 5.41) is 0. The van der Waals surface area contributed by atoms with Crippen molar-refractivity contribution in [1.29, 1.82) is 0 Å².